The topological polar surface area (TPSA) is 20.2 Å². The fraction of sp³-hybridized carbons (Fsp3) is 0.571. The van der Waals surface area contributed by atoms with E-state index in [2.05, 4.69) is 19.9 Å². The fourth-order valence-electron chi connectivity index (χ4n) is 1.86. The Bertz CT molecular complexity index is 297. The van der Waals surface area contributed by atoms with Crippen LogP contribution in [0.2, 0.25) is 0 Å². The van der Waals surface area contributed by atoms with Gasteiger partial charge >= 0.3 is 0 Å². The highest BCUT2D eigenvalue weighted by atomic mass is 32.1. The van der Waals surface area contributed by atoms with E-state index in [0.717, 1.165) is 19.3 Å². The molecule has 16 heavy (non-hydrogen) atoms. The van der Waals surface area contributed by atoms with E-state index in [4.69, 9.17) is 0 Å². The molecule has 1 rings (SSSR count). The van der Waals surface area contributed by atoms with Crippen LogP contribution >= 0.6 is 13.5 Å². The number of aromatic hydroxyl groups is 1. The van der Waals surface area contributed by atoms with Gasteiger partial charge in [0.05, 0.1) is 0 Å². The van der Waals surface area contributed by atoms with Gasteiger partial charge < -0.3 is 5.11 Å². The summed E-state index contributed by atoms with van der Waals surface area (Å²) in [6.45, 7) is 4.39. The maximum Gasteiger partial charge on any atom is 0.119 e. The molecule has 0 amide bonds. The number of benzene rings is 1. The molecular formula is C14H24OS. The van der Waals surface area contributed by atoms with E-state index < -0.39 is 0 Å². The summed E-state index contributed by atoms with van der Waals surface area (Å²) < 4.78 is 0. The predicted octanol–water partition coefficient (Wildman–Crippen LogP) is 4.19. The maximum absolute atomic E-state index is 9.82. The summed E-state index contributed by atoms with van der Waals surface area (Å²) in [5, 5.41) is 9.82. The van der Waals surface area contributed by atoms with Crippen LogP contribution in [0.1, 0.15) is 50.7 Å². The Labute approximate surface area is 106 Å². The monoisotopic (exact) mass is 240 g/mol. The molecular weight excluding hydrogens is 216 g/mol. The summed E-state index contributed by atoms with van der Waals surface area (Å²) in [6, 6.07) is 5.91. The number of aryl methyl sites for hydroxylation is 1. The summed E-state index contributed by atoms with van der Waals surface area (Å²) in [5.74, 6) is 0.483. The summed E-state index contributed by atoms with van der Waals surface area (Å²) in [6.07, 6.45) is 6.88. The molecule has 92 valence electrons. The van der Waals surface area contributed by atoms with E-state index in [9.17, 15) is 5.11 Å². The SMILES string of the molecule is CCCCc1cccc(O)c1CCCC.S. The summed E-state index contributed by atoms with van der Waals surface area (Å²) in [7, 11) is 0. The Hall–Kier alpha value is -0.630. The van der Waals surface area contributed by atoms with E-state index in [-0.39, 0.29) is 13.5 Å². The van der Waals surface area contributed by atoms with Gasteiger partial charge in [-0.05, 0) is 42.9 Å². The summed E-state index contributed by atoms with van der Waals surface area (Å²) >= 11 is 0. The number of rotatable bonds is 6. The van der Waals surface area contributed by atoms with Crippen LogP contribution in [0.15, 0.2) is 18.2 Å². The minimum absolute atomic E-state index is 0. The van der Waals surface area contributed by atoms with Crippen molar-refractivity contribution < 1.29 is 5.11 Å². The first-order valence-electron chi connectivity index (χ1n) is 6.09. The van der Waals surface area contributed by atoms with E-state index in [1.54, 1.807) is 6.07 Å². The van der Waals surface area contributed by atoms with Crippen molar-refractivity contribution in [2.24, 2.45) is 0 Å². The van der Waals surface area contributed by atoms with Crippen LogP contribution in [0.3, 0.4) is 0 Å². The standard InChI is InChI=1S/C14H22O.H2S/c1-3-5-8-12-9-7-11-14(15)13(12)10-6-4-2;/h7,9,11,15H,3-6,8,10H2,1-2H3;1H2. The van der Waals surface area contributed by atoms with Crippen LogP contribution in [-0.4, -0.2) is 5.11 Å². The third-order valence-corrected chi connectivity index (χ3v) is 2.83. The Kier molecular flexibility index (Phi) is 8.18. The van der Waals surface area contributed by atoms with Gasteiger partial charge in [-0.25, -0.2) is 0 Å². The minimum atomic E-state index is 0. The minimum Gasteiger partial charge on any atom is -0.508 e. The predicted molar refractivity (Wildman–Crippen MR) is 75.7 cm³/mol. The molecule has 0 saturated heterocycles. The van der Waals surface area contributed by atoms with Crippen molar-refractivity contribution in [3.05, 3.63) is 29.3 Å². The molecule has 0 bridgehead atoms. The number of hydrogen-bond donors (Lipinski definition) is 1. The molecule has 0 heterocycles. The molecule has 0 aliphatic heterocycles. The zero-order valence-corrected chi connectivity index (χ0v) is 11.4. The van der Waals surface area contributed by atoms with Crippen LogP contribution in [-0.2, 0) is 12.8 Å². The Morgan fingerprint density at radius 1 is 1.00 bits per heavy atom. The van der Waals surface area contributed by atoms with Crippen molar-refractivity contribution in [3.63, 3.8) is 0 Å². The molecule has 0 saturated carbocycles. The fourth-order valence-corrected chi connectivity index (χ4v) is 1.86. The highest BCUT2D eigenvalue weighted by molar-refractivity contribution is 7.59. The first-order chi connectivity index (χ1) is 7.29. The van der Waals surface area contributed by atoms with Crippen LogP contribution < -0.4 is 0 Å². The molecule has 0 spiro atoms. The van der Waals surface area contributed by atoms with Crippen molar-refractivity contribution in [1.29, 1.82) is 0 Å². The van der Waals surface area contributed by atoms with E-state index in [0.29, 0.717) is 5.75 Å². The number of unbranched alkanes of at least 4 members (excludes halogenated alkanes) is 2. The van der Waals surface area contributed by atoms with Crippen molar-refractivity contribution in [2.45, 2.75) is 52.4 Å². The average Bonchev–Trinajstić information content (AvgIpc) is 2.25. The van der Waals surface area contributed by atoms with Gasteiger partial charge in [-0.2, -0.15) is 13.5 Å². The zero-order chi connectivity index (χ0) is 11.1. The molecule has 1 N–H and O–H groups in total. The number of phenols is 1. The lowest BCUT2D eigenvalue weighted by Crippen LogP contribution is -1.95. The second kappa shape index (κ2) is 8.51. The second-order valence-corrected chi connectivity index (χ2v) is 4.12. The summed E-state index contributed by atoms with van der Waals surface area (Å²) in [5.41, 5.74) is 2.51. The van der Waals surface area contributed by atoms with E-state index in [1.807, 2.05) is 6.07 Å². The molecule has 0 atom stereocenters. The normalized spacial score (nSPS) is 9.88. The molecule has 1 aromatic rings. The first kappa shape index (κ1) is 15.4. The lowest BCUT2D eigenvalue weighted by molar-refractivity contribution is 0.465. The molecule has 0 radical (unpaired) electrons. The third kappa shape index (κ3) is 4.48. The highest BCUT2D eigenvalue weighted by Gasteiger charge is 2.06. The maximum atomic E-state index is 9.82. The van der Waals surface area contributed by atoms with E-state index in [1.165, 1.54) is 30.4 Å². The lowest BCUT2D eigenvalue weighted by atomic mass is 9.97. The Balaban J connectivity index is 0.00000225. The van der Waals surface area contributed by atoms with Gasteiger partial charge in [0.2, 0.25) is 0 Å². The van der Waals surface area contributed by atoms with E-state index >= 15 is 0 Å². The van der Waals surface area contributed by atoms with Crippen LogP contribution in [0.4, 0.5) is 0 Å². The molecule has 1 nitrogen and oxygen atoms in total. The van der Waals surface area contributed by atoms with Gasteiger partial charge in [-0.1, -0.05) is 38.8 Å². The summed E-state index contributed by atoms with van der Waals surface area (Å²) in [4.78, 5) is 0. The largest absolute Gasteiger partial charge is 0.508 e. The van der Waals surface area contributed by atoms with Gasteiger partial charge in [-0.15, -0.1) is 0 Å². The van der Waals surface area contributed by atoms with Gasteiger partial charge in [0.1, 0.15) is 5.75 Å². The quantitative estimate of drug-likeness (QED) is 0.790. The van der Waals surface area contributed by atoms with Crippen LogP contribution in [0.25, 0.3) is 0 Å². The first-order valence-corrected chi connectivity index (χ1v) is 6.09. The third-order valence-electron chi connectivity index (χ3n) is 2.83. The second-order valence-electron chi connectivity index (χ2n) is 4.12. The Morgan fingerprint density at radius 3 is 2.25 bits per heavy atom. The molecule has 2 heteroatoms. The van der Waals surface area contributed by atoms with Crippen molar-refractivity contribution in [3.8, 4) is 5.75 Å². The number of hydrogen-bond acceptors (Lipinski definition) is 1. The molecule has 0 fully saturated rings. The molecule has 0 aliphatic rings. The van der Waals surface area contributed by atoms with Gasteiger partial charge in [0, 0.05) is 0 Å². The lowest BCUT2D eigenvalue weighted by Gasteiger charge is -2.10. The number of phenolic OH excluding ortho intramolecular Hbond substituents is 1. The highest BCUT2D eigenvalue weighted by Crippen LogP contribution is 2.24. The van der Waals surface area contributed by atoms with Crippen molar-refractivity contribution in [1.82, 2.24) is 0 Å². The van der Waals surface area contributed by atoms with Gasteiger partial charge in [0.25, 0.3) is 0 Å². The zero-order valence-electron chi connectivity index (χ0n) is 10.4. The smallest absolute Gasteiger partial charge is 0.119 e. The van der Waals surface area contributed by atoms with Gasteiger partial charge in [-0.3, -0.25) is 0 Å². The molecule has 0 aliphatic carbocycles. The molecule has 1 aromatic carbocycles. The van der Waals surface area contributed by atoms with Gasteiger partial charge in [0.15, 0.2) is 0 Å². The van der Waals surface area contributed by atoms with Crippen molar-refractivity contribution >= 4 is 13.5 Å². The van der Waals surface area contributed by atoms with Crippen LogP contribution in [0, 0.1) is 0 Å². The average molecular weight is 240 g/mol. The van der Waals surface area contributed by atoms with Crippen molar-refractivity contribution in [2.75, 3.05) is 0 Å². The molecule has 0 unspecified atom stereocenters. The molecule has 0 aromatic heterocycles. The van der Waals surface area contributed by atoms with Crippen LogP contribution in [0.5, 0.6) is 5.75 Å². The Morgan fingerprint density at radius 2 is 1.62 bits per heavy atom.